The van der Waals surface area contributed by atoms with Crippen LogP contribution in [0.4, 0.5) is 5.69 Å². The van der Waals surface area contributed by atoms with E-state index in [1.54, 1.807) is 18.2 Å². The Morgan fingerprint density at radius 1 is 0.939 bits per heavy atom. The van der Waals surface area contributed by atoms with E-state index < -0.39 is 0 Å². The van der Waals surface area contributed by atoms with Crippen molar-refractivity contribution in [2.45, 2.75) is 13.2 Å². The number of carbonyl (C=O) groups excluding carboxylic acids is 1. The quantitative estimate of drug-likeness (QED) is 0.472. The molecule has 0 bridgehead atoms. The summed E-state index contributed by atoms with van der Waals surface area (Å²) in [6.45, 7) is 5.14. The summed E-state index contributed by atoms with van der Waals surface area (Å²) in [6.07, 6.45) is 0. The first-order chi connectivity index (χ1) is 16.2. The van der Waals surface area contributed by atoms with Crippen LogP contribution in [0.15, 0.2) is 78.9 Å². The van der Waals surface area contributed by atoms with Crippen LogP contribution in [0.1, 0.15) is 21.5 Å². The van der Waals surface area contributed by atoms with E-state index in [1.807, 2.05) is 48.5 Å². The molecule has 7 heteroatoms. The third kappa shape index (κ3) is 7.12. The molecule has 6 nitrogen and oxygen atoms in total. The number of thiocarbonyl (C=S) groups is 1. The fourth-order valence-electron chi connectivity index (χ4n) is 3.64. The van der Waals surface area contributed by atoms with Gasteiger partial charge < -0.3 is 19.7 Å². The van der Waals surface area contributed by atoms with E-state index in [4.69, 9.17) is 21.7 Å². The predicted octanol–water partition coefficient (Wildman–Crippen LogP) is 2.81. The number of rotatable bonds is 7. The van der Waals surface area contributed by atoms with Crippen LogP contribution in [0.2, 0.25) is 0 Å². The first-order valence-corrected chi connectivity index (χ1v) is 11.5. The van der Waals surface area contributed by atoms with Gasteiger partial charge in [-0.1, -0.05) is 48.5 Å². The van der Waals surface area contributed by atoms with E-state index in [0.717, 1.165) is 44.1 Å². The monoisotopic (exact) mass is 462 g/mol. The zero-order valence-corrected chi connectivity index (χ0v) is 19.2. The number of anilines is 1. The first-order valence-electron chi connectivity index (χ1n) is 11.0. The molecule has 1 amide bonds. The van der Waals surface area contributed by atoms with Crippen molar-refractivity contribution in [3.8, 4) is 5.75 Å². The lowest BCUT2D eigenvalue weighted by Crippen LogP contribution is -3.12. The van der Waals surface area contributed by atoms with Crippen LogP contribution in [-0.4, -0.2) is 37.3 Å². The van der Waals surface area contributed by atoms with Gasteiger partial charge in [0.1, 0.15) is 32.0 Å². The molecule has 1 aliphatic rings. The summed E-state index contributed by atoms with van der Waals surface area (Å²) < 4.78 is 11.2. The highest BCUT2D eigenvalue weighted by molar-refractivity contribution is 7.80. The predicted molar refractivity (Wildman–Crippen MR) is 133 cm³/mol. The van der Waals surface area contributed by atoms with Crippen molar-refractivity contribution in [1.29, 1.82) is 0 Å². The number of nitrogens with one attached hydrogen (secondary N) is 3. The molecule has 0 spiro atoms. The number of ether oxygens (including phenoxy) is 2. The molecule has 170 valence electrons. The Morgan fingerprint density at radius 2 is 1.70 bits per heavy atom. The number of benzene rings is 3. The Balaban J connectivity index is 1.27. The number of morpholine rings is 1. The number of hydrogen-bond acceptors (Lipinski definition) is 4. The van der Waals surface area contributed by atoms with Crippen LogP contribution < -0.4 is 20.3 Å². The van der Waals surface area contributed by atoms with Gasteiger partial charge in [-0.2, -0.15) is 0 Å². The lowest BCUT2D eigenvalue weighted by Gasteiger charge is -2.23. The van der Waals surface area contributed by atoms with Crippen LogP contribution in [0.25, 0.3) is 0 Å². The molecule has 3 aromatic rings. The van der Waals surface area contributed by atoms with Crippen molar-refractivity contribution in [3.63, 3.8) is 0 Å². The summed E-state index contributed by atoms with van der Waals surface area (Å²) in [5, 5.41) is 6.06. The number of hydrogen-bond donors (Lipinski definition) is 3. The van der Waals surface area contributed by atoms with Gasteiger partial charge in [0.25, 0.3) is 5.91 Å². The molecule has 0 atom stereocenters. The van der Waals surface area contributed by atoms with Crippen molar-refractivity contribution in [3.05, 3.63) is 95.6 Å². The standard InChI is InChI=1S/C26H27N3O3S/c30-25(22-7-4-8-24(17-22)32-19-21-5-2-1-3-6-21)28-26(33)27-23-11-9-20(10-12-23)18-29-13-15-31-16-14-29/h1-12,17H,13-16,18-19H2,(H2,27,28,30,33)/p+1. The average Bonchev–Trinajstić information content (AvgIpc) is 2.85. The van der Waals surface area contributed by atoms with Gasteiger partial charge in [0.05, 0.1) is 13.2 Å². The van der Waals surface area contributed by atoms with Gasteiger partial charge in [-0.05, 0) is 48.1 Å². The Hall–Kier alpha value is -3.26. The molecule has 0 aromatic heterocycles. The molecule has 0 unspecified atom stereocenters. The largest absolute Gasteiger partial charge is 0.489 e. The maximum absolute atomic E-state index is 12.6. The number of quaternary nitrogens is 1. The van der Waals surface area contributed by atoms with Gasteiger partial charge in [0.2, 0.25) is 0 Å². The Labute approximate surface area is 199 Å². The zero-order valence-electron chi connectivity index (χ0n) is 18.4. The van der Waals surface area contributed by atoms with Crippen molar-refractivity contribution in [2.24, 2.45) is 0 Å². The van der Waals surface area contributed by atoms with Crippen molar-refractivity contribution < 1.29 is 19.2 Å². The average molecular weight is 463 g/mol. The number of amides is 1. The molecule has 0 saturated carbocycles. The third-order valence-electron chi connectivity index (χ3n) is 5.44. The highest BCUT2D eigenvalue weighted by Gasteiger charge is 2.14. The van der Waals surface area contributed by atoms with E-state index in [9.17, 15) is 4.79 Å². The summed E-state index contributed by atoms with van der Waals surface area (Å²) in [4.78, 5) is 14.2. The minimum absolute atomic E-state index is 0.252. The molecule has 4 rings (SSSR count). The summed E-state index contributed by atoms with van der Waals surface area (Å²) in [5.41, 5.74) is 3.64. The summed E-state index contributed by atoms with van der Waals surface area (Å²) in [5.74, 6) is 0.341. The molecule has 1 aliphatic heterocycles. The molecule has 0 aliphatic carbocycles. The van der Waals surface area contributed by atoms with Crippen LogP contribution >= 0.6 is 12.2 Å². The second-order valence-corrected chi connectivity index (χ2v) is 8.35. The van der Waals surface area contributed by atoms with E-state index >= 15 is 0 Å². The molecule has 1 saturated heterocycles. The molecule has 3 aromatic carbocycles. The molecular weight excluding hydrogens is 434 g/mol. The highest BCUT2D eigenvalue weighted by atomic mass is 32.1. The molecule has 3 N–H and O–H groups in total. The fourth-order valence-corrected chi connectivity index (χ4v) is 3.85. The highest BCUT2D eigenvalue weighted by Crippen LogP contribution is 2.15. The fraction of sp³-hybridized carbons (Fsp3) is 0.231. The minimum Gasteiger partial charge on any atom is -0.489 e. The second-order valence-electron chi connectivity index (χ2n) is 7.95. The molecule has 1 fully saturated rings. The van der Waals surface area contributed by atoms with E-state index in [0.29, 0.717) is 17.9 Å². The van der Waals surface area contributed by atoms with Gasteiger partial charge >= 0.3 is 0 Å². The molecule has 33 heavy (non-hydrogen) atoms. The molecular formula is C26H28N3O3S+. The smallest absolute Gasteiger partial charge is 0.257 e. The van der Waals surface area contributed by atoms with Gasteiger partial charge in [-0.15, -0.1) is 0 Å². The lowest BCUT2D eigenvalue weighted by molar-refractivity contribution is -0.921. The van der Waals surface area contributed by atoms with E-state index in [2.05, 4.69) is 22.8 Å². The second kappa shape index (κ2) is 11.6. The van der Waals surface area contributed by atoms with E-state index in [-0.39, 0.29) is 11.0 Å². The van der Waals surface area contributed by atoms with Crippen LogP contribution in [0, 0.1) is 0 Å². The zero-order chi connectivity index (χ0) is 22.9. The lowest BCUT2D eigenvalue weighted by atomic mass is 10.2. The van der Waals surface area contributed by atoms with Gasteiger partial charge in [-0.25, -0.2) is 0 Å². The summed E-state index contributed by atoms with van der Waals surface area (Å²) in [7, 11) is 0. The van der Waals surface area contributed by atoms with Crippen molar-refractivity contribution in [2.75, 3.05) is 31.6 Å². The minimum atomic E-state index is -0.287. The van der Waals surface area contributed by atoms with Gasteiger partial charge in [0, 0.05) is 16.8 Å². The molecule has 1 heterocycles. The molecule has 0 radical (unpaired) electrons. The Morgan fingerprint density at radius 3 is 2.45 bits per heavy atom. The SMILES string of the molecule is O=C(NC(=S)Nc1ccc(C[NH+]2CCOCC2)cc1)c1cccc(OCc2ccccc2)c1. The van der Waals surface area contributed by atoms with Crippen molar-refractivity contribution in [1.82, 2.24) is 5.32 Å². The first kappa shape index (κ1) is 22.9. The van der Waals surface area contributed by atoms with Crippen LogP contribution in [0.3, 0.4) is 0 Å². The number of carbonyl (C=O) groups is 1. The maximum atomic E-state index is 12.6. The van der Waals surface area contributed by atoms with Gasteiger partial charge in [0.15, 0.2) is 5.11 Å². The normalized spacial score (nSPS) is 13.8. The topological polar surface area (TPSA) is 64.0 Å². The van der Waals surface area contributed by atoms with E-state index in [1.165, 1.54) is 10.5 Å². The van der Waals surface area contributed by atoms with Crippen molar-refractivity contribution >= 4 is 28.9 Å². The van der Waals surface area contributed by atoms with Gasteiger partial charge in [-0.3, -0.25) is 10.1 Å². The summed E-state index contributed by atoms with van der Waals surface area (Å²) >= 11 is 5.33. The third-order valence-corrected chi connectivity index (χ3v) is 5.64. The Bertz CT molecular complexity index is 1070. The Kier molecular flexibility index (Phi) is 8.03. The van der Waals surface area contributed by atoms with Crippen LogP contribution in [-0.2, 0) is 17.9 Å². The maximum Gasteiger partial charge on any atom is 0.257 e. The van der Waals surface area contributed by atoms with Crippen LogP contribution in [0.5, 0.6) is 5.75 Å². The summed E-state index contributed by atoms with van der Waals surface area (Å²) in [6, 6.07) is 25.1.